The number of halogens is 1. The van der Waals surface area contributed by atoms with E-state index in [2.05, 4.69) is 40.7 Å². The standard InChI is InChI=1S/C27H22ClN3O3/c1-16-5-7-22-21(11-16)19(15-30-22)9-10-29-26(32)18-6-8-24-23(14-18)31-27(33)25(34-24)13-17-3-2-4-20(28)12-17/h2-8,11-15,30H,9-10H2,1H3,(H,29,32)(H,31,33)/b25-13-. The van der Waals surface area contributed by atoms with Gasteiger partial charge in [0.1, 0.15) is 0 Å². The van der Waals surface area contributed by atoms with E-state index >= 15 is 0 Å². The van der Waals surface area contributed by atoms with E-state index in [4.69, 9.17) is 16.3 Å². The lowest BCUT2D eigenvalue weighted by atomic mass is 10.1. The van der Waals surface area contributed by atoms with Crippen LogP contribution in [0.2, 0.25) is 5.02 Å². The van der Waals surface area contributed by atoms with Gasteiger partial charge in [-0.25, -0.2) is 0 Å². The van der Waals surface area contributed by atoms with E-state index in [1.165, 1.54) is 10.9 Å². The third-order valence-electron chi connectivity index (χ3n) is 5.68. The number of nitrogens with one attached hydrogen (secondary N) is 3. The molecule has 2 amide bonds. The minimum Gasteiger partial charge on any atom is -0.449 e. The Morgan fingerprint density at radius 2 is 2.00 bits per heavy atom. The van der Waals surface area contributed by atoms with Gasteiger partial charge in [-0.1, -0.05) is 35.4 Å². The Morgan fingerprint density at radius 1 is 1.12 bits per heavy atom. The van der Waals surface area contributed by atoms with Crippen LogP contribution in [0.1, 0.15) is 27.0 Å². The number of carbonyl (C=O) groups is 2. The van der Waals surface area contributed by atoms with Crippen molar-refractivity contribution < 1.29 is 14.3 Å². The molecule has 0 bridgehead atoms. The van der Waals surface area contributed by atoms with E-state index in [9.17, 15) is 9.59 Å². The normalized spacial score (nSPS) is 13.9. The van der Waals surface area contributed by atoms with E-state index in [1.807, 2.05) is 12.3 Å². The molecule has 170 valence electrons. The average molecular weight is 472 g/mol. The fraction of sp³-hybridized carbons (Fsp3) is 0.111. The number of H-pyrrole nitrogens is 1. The number of amides is 2. The highest BCUT2D eigenvalue weighted by molar-refractivity contribution is 6.30. The summed E-state index contributed by atoms with van der Waals surface area (Å²) >= 11 is 6.01. The van der Waals surface area contributed by atoms with Gasteiger partial charge in [0.25, 0.3) is 11.8 Å². The van der Waals surface area contributed by atoms with Gasteiger partial charge < -0.3 is 20.4 Å². The van der Waals surface area contributed by atoms with Gasteiger partial charge in [0, 0.05) is 34.2 Å². The summed E-state index contributed by atoms with van der Waals surface area (Å²) in [6.07, 6.45) is 4.31. The highest BCUT2D eigenvalue weighted by atomic mass is 35.5. The number of hydrogen-bond acceptors (Lipinski definition) is 3. The monoisotopic (exact) mass is 471 g/mol. The van der Waals surface area contributed by atoms with Crippen LogP contribution in [0.3, 0.4) is 0 Å². The summed E-state index contributed by atoms with van der Waals surface area (Å²) in [5.41, 5.74) is 5.08. The molecule has 0 radical (unpaired) electrons. The van der Waals surface area contributed by atoms with Crippen LogP contribution in [0.25, 0.3) is 17.0 Å². The fourth-order valence-electron chi connectivity index (χ4n) is 3.96. The molecule has 0 atom stereocenters. The van der Waals surface area contributed by atoms with Crippen molar-refractivity contribution in [3.63, 3.8) is 0 Å². The smallest absolute Gasteiger partial charge is 0.291 e. The van der Waals surface area contributed by atoms with Crippen LogP contribution in [-0.4, -0.2) is 23.3 Å². The molecule has 0 spiro atoms. The van der Waals surface area contributed by atoms with Crippen LogP contribution in [0.15, 0.2) is 72.6 Å². The van der Waals surface area contributed by atoms with Gasteiger partial charge in [-0.2, -0.15) is 0 Å². The minimum atomic E-state index is -0.389. The van der Waals surface area contributed by atoms with Crippen molar-refractivity contribution in [2.45, 2.75) is 13.3 Å². The van der Waals surface area contributed by atoms with Crippen molar-refractivity contribution in [2.24, 2.45) is 0 Å². The van der Waals surface area contributed by atoms with Crippen molar-refractivity contribution >= 4 is 46.1 Å². The van der Waals surface area contributed by atoms with Crippen LogP contribution < -0.4 is 15.4 Å². The Bertz CT molecular complexity index is 1450. The van der Waals surface area contributed by atoms with Crippen LogP contribution in [0.5, 0.6) is 5.75 Å². The first kappa shape index (κ1) is 21.8. The average Bonchev–Trinajstić information content (AvgIpc) is 3.21. The molecule has 2 heterocycles. The van der Waals surface area contributed by atoms with Crippen molar-refractivity contribution in [1.29, 1.82) is 0 Å². The predicted molar refractivity (Wildman–Crippen MR) is 134 cm³/mol. The number of fused-ring (bicyclic) bond motifs is 2. The minimum absolute atomic E-state index is 0.154. The number of anilines is 1. The Hall–Kier alpha value is -4.03. The van der Waals surface area contributed by atoms with Crippen LogP contribution in [0, 0.1) is 6.92 Å². The summed E-state index contributed by atoms with van der Waals surface area (Å²) in [6, 6.07) is 18.4. The zero-order chi connectivity index (χ0) is 23.7. The Labute approximate surface area is 201 Å². The zero-order valence-corrected chi connectivity index (χ0v) is 19.2. The molecular formula is C27H22ClN3O3. The highest BCUT2D eigenvalue weighted by Crippen LogP contribution is 2.32. The molecule has 4 aromatic rings. The van der Waals surface area contributed by atoms with Crippen molar-refractivity contribution in [3.8, 4) is 5.75 Å². The van der Waals surface area contributed by atoms with Gasteiger partial charge in [-0.05, 0) is 73.0 Å². The van der Waals surface area contributed by atoms with E-state index < -0.39 is 0 Å². The van der Waals surface area contributed by atoms with Crippen LogP contribution in [0.4, 0.5) is 5.69 Å². The molecule has 3 aromatic carbocycles. The first-order valence-electron chi connectivity index (χ1n) is 10.9. The number of benzene rings is 3. The summed E-state index contributed by atoms with van der Waals surface area (Å²) in [5.74, 6) is 0.0209. The number of rotatable bonds is 5. The van der Waals surface area contributed by atoms with E-state index in [1.54, 1.807) is 42.5 Å². The fourth-order valence-corrected chi connectivity index (χ4v) is 4.16. The number of aromatic nitrogens is 1. The lowest BCUT2D eigenvalue weighted by Gasteiger charge is -2.20. The maximum absolute atomic E-state index is 12.7. The third-order valence-corrected chi connectivity index (χ3v) is 5.92. The van der Waals surface area contributed by atoms with Gasteiger partial charge >= 0.3 is 0 Å². The summed E-state index contributed by atoms with van der Waals surface area (Å²) < 4.78 is 5.77. The van der Waals surface area contributed by atoms with Gasteiger partial charge in [0.05, 0.1) is 5.69 Å². The van der Waals surface area contributed by atoms with Gasteiger partial charge in [-0.3, -0.25) is 9.59 Å². The molecule has 1 aliphatic heterocycles. The third kappa shape index (κ3) is 4.54. The summed E-state index contributed by atoms with van der Waals surface area (Å²) in [4.78, 5) is 28.5. The maximum Gasteiger partial charge on any atom is 0.291 e. The molecular weight excluding hydrogens is 450 g/mol. The van der Waals surface area contributed by atoms with Crippen molar-refractivity contribution in [1.82, 2.24) is 10.3 Å². The van der Waals surface area contributed by atoms with Gasteiger partial charge in [-0.15, -0.1) is 0 Å². The molecule has 34 heavy (non-hydrogen) atoms. The van der Waals surface area contributed by atoms with Crippen molar-refractivity contribution in [2.75, 3.05) is 11.9 Å². The second-order valence-corrected chi connectivity index (χ2v) is 8.64. The number of carbonyl (C=O) groups excluding carboxylic acids is 2. The molecule has 1 aromatic heterocycles. The summed E-state index contributed by atoms with van der Waals surface area (Å²) in [6.45, 7) is 2.55. The first-order valence-corrected chi connectivity index (χ1v) is 11.3. The Balaban J connectivity index is 1.25. The maximum atomic E-state index is 12.7. The molecule has 6 nitrogen and oxygen atoms in total. The molecule has 0 fully saturated rings. The molecule has 7 heteroatoms. The predicted octanol–water partition coefficient (Wildman–Crippen LogP) is 5.47. The summed E-state index contributed by atoms with van der Waals surface area (Å²) in [7, 11) is 0. The van der Waals surface area contributed by atoms with E-state index in [0.29, 0.717) is 35.0 Å². The van der Waals surface area contributed by atoms with Crippen LogP contribution in [-0.2, 0) is 11.2 Å². The second-order valence-electron chi connectivity index (χ2n) is 8.20. The van der Waals surface area contributed by atoms with Gasteiger partial charge in [0.2, 0.25) is 0 Å². The largest absolute Gasteiger partial charge is 0.449 e. The molecule has 0 saturated heterocycles. The second kappa shape index (κ2) is 9.08. The molecule has 5 rings (SSSR count). The lowest BCUT2D eigenvalue weighted by molar-refractivity contribution is -0.115. The van der Waals surface area contributed by atoms with Crippen molar-refractivity contribution in [3.05, 3.63) is 99.9 Å². The van der Waals surface area contributed by atoms with E-state index in [0.717, 1.165) is 16.6 Å². The molecule has 3 N–H and O–H groups in total. The Morgan fingerprint density at radius 3 is 2.85 bits per heavy atom. The quantitative estimate of drug-likeness (QED) is 0.337. The lowest BCUT2D eigenvalue weighted by Crippen LogP contribution is -2.27. The zero-order valence-electron chi connectivity index (χ0n) is 18.4. The number of ether oxygens (including phenoxy) is 1. The number of aromatic amines is 1. The SMILES string of the molecule is Cc1ccc2[nH]cc(CCNC(=O)c3ccc4c(c3)NC(=O)/C(=C/c3cccc(Cl)c3)O4)c2c1. The molecule has 0 saturated carbocycles. The Kier molecular flexibility index (Phi) is 5.82. The van der Waals surface area contributed by atoms with Crippen LogP contribution >= 0.6 is 11.6 Å². The van der Waals surface area contributed by atoms with Gasteiger partial charge in [0.15, 0.2) is 11.5 Å². The topological polar surface area (TPSA) is 83.2 Å². The molecule has 0 unspecified atom stereocenters. The van der Waals surface area contributed by atoms with E-state index in [-0.39, 0.29) is 17.6 Å². The highest BCUT2D eigenvalue weighted by Gasteiger charge is 2.23. The molecule has 1 aliphatic rings. The number of aryl methyl sites for hydroxylation is 1. The first-order chi connectivity index (χ1) is 16.5. The number of hydrogen-bond donors (Lipinski definition) is 3. The summed E-state index contributed by atoms with van der Waals surface area (Å²) in [5, 5.41) is 7.49. The molecule has 0 aliphatic carbocycles.